The first-order valence-corrected chi connectivity index (χ1v) is 9.19. The molecule has 1 amide bonds. The Morgan fingerprint density at radius 3 is 2.80 bits per heavy atom. The highest BCUT2D eigenvalue weighted by atomic mass is 16.5. The topological polar surface area (TPSA) is 60.2 Å². The van der Waals surface area contributed by atoms with Crippen molar-refractivity contribution in [3.8, 4) is 5.75 Å². The van der Waals surface area contributed by atoms with Crippen LogP contribution in [0.3, 0.4) is 0 Å². The van der Waals surface area contributed by atoms with E-state index >= 15 is 0 Å². The van der Waals surface area contributed by atoms with E-state index in [0.717, 1.165) is 49.9 Å². The monoisotopic (exact) mass is 340 g/mol. The molecule has 25 heavy (non-hydrogen) atoms. The molecule has 0 atom stereocenters. The molecule has 1 fully saturated rings. The fraction of sp³-hybridized carbons (Fsp3) is 0.526. The molecule has 1 aromatic heterocycles. The van der Waals surface area contributed by atoms with Gasteiger partial charge in [-0.2, -0.15) is 5.10 Å². The highest BCUT2D eigenvalue weighted by Gasteiger charge is 2.30. The van der Waals surface area contributed by atoms with Gasteiger partial charge in [0.1, 0.15) is 11.6 Å². The van der Waals surface area contributed by atoms with Crippen LogP contribution < -0.4 is 4.74 Å². The third kappa shape index (κ3) is 4.00. The lowest BCUT2D eigenvalue weighted by molar-refractivity contribution is -0.131. The minimum atomic E-state index is 0.199. The summed E-state index contributed by atoms with van der Waals surface area (Å²) in [6, 6.07) is 9.72. The molecule has 132 valence electrons. The van der Waals surface area contributed by atoms with Gasteiger partial charge in [-0.3, -0.25) is 4.79 Å². The first-order chi connectivity index (χ1) is 12.3. The van der Waals surface area contributed by atoms with Crippen molar-refractivity contribution in [1.82, 2.24) is 19.7 Å². The lowest BCUT2D eigenvalue weighted by atomic mass is 10.2. The summed E-state index contributed by atoms with van der Waals surface area (Å²) in [5.41, 5.74) is 0. The van der Waals surface area contributed by atoms with E-state index in [1.54, 1.807) is 0 Å². The van der Waals surface area contributed by atoms with Crippen LogP contribution in [0.4, 0.5) is 0 Å². The Morgan fingerprint density at radius 2 is 2.00 bits per heavy atom. The van der Waals surface area contributed by atoms with Crippen molar-refractivity contribution < 1.29 is 9.53 Å². The molecule has 2 aromatic rings. The van der Waals surface area contributed by atoms with Gasteiger partial charge in [0.2, 0.25) is 5.91 Å². The van der Waals surface area contributed by atoms with Gasteiger partial charge < -0.3 is 9.64 Å². The van der Waals surface area contributed by atoms with E-state index in [-0.39, 0.29) is 5.91 Å². The number of benzene rings is 1. The van der Waals surface area contributed by atoms with E-state index < -0.39 is 0 Å². The molecule has 0 bridgehead atoms. The lowest BCUT2D eigenvalue weighted by Crippen LogP contribution is -2.33. The van der Waals surface area contributed by atoms with Gasteiger partial charge in [-0.15, -0.1) is 0 Å². The number of carbonyl (C=O) groups excluding carboxylic acids is 1. The largest absolute Gasteiger partial charge is 0.494 e. The molecular weight excluding hydrogens is 316 g/mol. The molecule has 0 N–H and O–H groups in total. The van der Waals surface area contributed by atoms with Crippen LogP contribution in [-0.2, 0) is 17.8 Å². The number of nitrogens with zero attached hydrogens (tertiary/aromatic N) is 4. The molecule has 6 nitrogen and oxygen atoms in total. The van der Waals surface area contributed by atoms with Gasteiger partial charge in [-0.1, -0.05) is 18.2 Å². The number of hydrogen-bond acceptors (Lipinski definition) is 4. The van der Waals surface area contributed by atoms with Crippen molar-refractivity contribution in [3.05, 3.63) is 42.0 Å². The van der Waals surface area contributed by atoms with Crippen LogP contribution in [0, 0.1) is 0 Å². The van der Waals surface area contributed by atoms with Crippen LogP contribution >= 0.6 is 0 Å². The minimum Gasteiger partial charge on any atom is -0.494 e. The van der Waals surface area contributed by atoms with Gasteiger partial charge in [0, 0.05) is 31.8 Å². The Bertz CT molecular complexity index is 699. The van der Waals surface area contributed by atoms with Crippen molar-refractivity contribution in [2.24, 2.45) is 0 Å². The molecule has 0 unspecified atom stereocenters. The maximum Gasteiger partial charge on any atom is 0.222 e. The van der Waals surface area contributed by atoms with Crippen LogP contribution in [0.5, 0.6) is 5.75 Å². The average molecular weight is 340 g/mol. The molecular formula is C19H24N4O2. The number of amides is 1. The molecule has 1 saturated carbocycles. The Kier molecular flexibility index (Phi) is 4.68. The van der Waals surface area contributed by atoms with Gasteiger partial charge >= 0.3 is 0 Å². The van der Waals surface area contributed by atoms with E-state index in [4.69, 9.17) is 4.74 Å². The van der Waals surface area contributed by atoms with E-state index in [0.29, 0.717) is 18.9 Å². The predicted octanol–water partition coefficient (Wildman–Crippen LogP) is 2.40. The number of aromatic nitrogens is 3. The summed E-state index contributed by atoms with van der Waals surface area (Å²) in [5.74, 6) is 3.68. The zero-order chi connectivity index (χ0) is 17.1. The van der Waals surface area contributed by atoms with Crippen molar-refractivity contribution in [2.45, 2.75) is 44.6 Å². The highest BCUT2D eigenvalue weighted by Crippen LogP contribution is 2.38. The zero-order valence-corrected chi connectivity index (χ0v) is 14.4. The Morgan fingerprint density at radius 1 is 1.16 bits per heavy atom. The van der Waals surface area contributed by atoms with Gasteiger partial charge in [0.15, 0.2) is 5.82 Å². The molecule has 0 saturated heterocycles. The van der Waals surface area contributed by atoms with Crippen LogP contribution in [0.1, 0.15) is 43.3 Å². The van der Waals surface area contributed by atoms with E-state index in [2.05, 4.69) is 10.1 Å². The first-order valence-electron chi connectivity index (χ1n) is 9.19. The minimum absolute atomic E-state index is 0.199. The molecule has 6 heteroatoms. The number of carbonyl (C=O) groups is 1. The van der Waals surface area contributed by atoms with Crippen molar-refractivity contribution in [3.63, 3.8) is 0 Å². The second-order valence-corrected chi connectivity index (χ2v) is 6.78. The number of rotatable bonds is 6. The maximum atomic E-state index is 12.4. The Hall–Kier alpha value is -2.37. The second kappa shape index (κ2) is 7.25. The van der Waals surface area contributed by atoms with Gasteiger partial charge in [0.25, 0.3) is 0 Å². The van der Waals surface area contributed by atoms with Crippen LogP contribution in [-0.4, -0.2) is 45.3 Å². The predicted molar refractivity (Wildman–Crippen MR) is 93.5 cm³/mol. The summed E-state index contributed by atoms with van der Waals surface area (Å²) in [5, 5.41) is 4.62. The number of fused-ring (bicyclic) bond motifs is 1. The van der Waals surface area contributed by atoms with E-state index in [9.17, 15) is 4.79 Å². The van der Waals surface area contributed by atoms with Crippen LogP contribution in [0.2, 0.25) is 0 Å². The lowest BCUT2D eigenvalue weighted by Gasteiger charge is -2.19. The second-order valence-electron chi connectivity index (χ2n) is 6.78. The SMILES string of the molecule is O=C(CCCOc1ccccc1)N1CCc2nc(C3CC3)nn2CC1. The Labute approximate surface area is 147 Å². The number of hydrogen-bond donors (Lipinski definition) is 0. The van der Waals surface area contributed by atoms with Crippen LogP contribution in [0.15, 0.2) is 30.3 Å². The van der Waals surface area contributed by atoms with Gasteiger partial charge in [0.05, 0.1) is 13.2 Å². The summed E-state index contributed by atoms with van der Waals surface area (Å²) in [7, 11) is 0. The molecule has 2 aliphatic rings. The Balaban J connectivity index is 1.22. The first kappa shape index (κ1) is 16.1. The van der Waals surface area contributed by atoms with Crippen molar-refractivity contribution in [2.75, 3.05) is 19.7 Å². The summed E-state index contributed by atoms with van der Waals surface area (Å²) in [6.45, 7) is 2.78. The molecule has 2 heterocycles. The summed E-state index contributed by atoms with van der Waals surface area (Å²) in [4.78, 5) is 19.1. The molecule has 0 spiro atoms. The molecule has 4 rings (SSSR count). The molecule has 1 aromatic carbocycles. The fourth-order valence-corrected chi connectivity index (χ4v) is 3.17. The normalized spacial score (nSPS) is 17.0. The standard InChI is InChI=1S/C19H24N4O2/c24-18(7-4-14-25-16-5-2-1-3-6-16)22-11-10-17-20-19(15-8-9-15)21-23(17)13-12-22/h1-3,5-6,15H,4,7-14H2. The van der Waals surface area contributed by atoms with Crippen molar-refractivity contribution in [1.29, 1.82) is 0 Å². The van der Waals surface area contributed by atoms with Gasteiger partial charge in [-0.05, 0) is 31.4 Å². The average Bonchev–Trinajstić information content (AvgIpc) is 3.44. The smallest absolute Gasteiger partial charge is 0.222 e. The maximum absolute atomic E-state index is 12.4. The van der Waals surface area contributed by atoms with Gasteiger partial charge in [-0.25, -0.2) is 9.67 Å². The molecule has 0 radical (unpaired) electrons. The summed E-state index contributed by atoms with van der Waals surface area (Å²) < 4.78 is 7.65. The summed E-state index contributed by atoms with van der Waals surface area (Å²) in [6.07, 6.45) is 4.50. The third-order valence-corrected chi connectivity index (χ3v) is 4.79. The summed E-state index contributed by atoms with van der Waals surface area (Å²) >= 11 is 0. The molecule has 1 aliphatic heterocycles. The van der Waals surface area contributed by atoms with E-state index in [1.165, 1.54) is 12.8 Å². The third-order valence-electron chi connectivity index (χ3n) is 4.79. The number of ether oxygens (including phenoxy) is 1. The van der Waals surface area contributed by atoms with Crippen molar-refractivity contribution >= 4 is 5.91 Å². The quantitative estimate of drug-likeness (QED) is 0.758. The highest BCUT2D eigenvalue weighted by molar-refractivity contribution is 5.76. The zero-order valence-electron chi connectivity index (χ0n) is 14.4. The van der Waals surface area contributed by atoms with E-state index in [1.807, 2.05) is 39.9 Å². The fourth-order valence-electron chi connectivity index (χ4n) is 3.17. The number of para-hydroxylation sites is 1. The van der Waals surface area contributed by atoms with Crippen LogP contribution in [0.25, 0.3) is 0 Å². The molecule has 1 aliphatic carbocycles.